The Labute approximate surface area is 266 Å². The van der Waals surface area contributed by atoms with Gasteiger partial charge < -0.3 is 15.2 Å². The molecule has 0 spiro atoms. The molecule has 0 unspecified atom stereocenters. The van der Waals surface area contributed by atoms with Gasteiger partial charge in [-0.3, -0.25) is 15.0 Å². The highest BCUT2D eigenvalue weighted by Crippen LogP contribution is 2.36. The van der Waals surface area contributed by atoms with E-state index >= 15 is 0 Å². The fraction of sp³-hybridized carbons (Fsp3) is 0.278. The molecule has 2 aromatic carbocycles. The first-order valence-corrected chi connectivity index (χ1v) is 15.4. The third kappa shape index (κ3) is 6.78. The van der Waals surface area contributed by atoms with Crippen LogP contribution in [-0.4, -0.2) is 82.7 Å². The van der Waals surface area contributed by atoms with Gasteiger partial charge in [-0.1, -0.05) is 30.9 Å². The Morgan fingerprint density at radius 1 is 1.11 bits per heavy atom. The summed E-state index contributed by atoms with van der Waals surface area (Å²) in [5.74, 6) is -2.96. The van der Waals surface area contributed by atoms with Crippen LogP contribution in [0.4, 0.5) is 18.9 Å². The van der Waals surface area contributed by atoms with Crippen LogP contribution in [0, 0.1) is 5.82 Å². The zero-order valence-electron chi connectivity index (χ0n) is 26.3. The Morgan fingerprint density at radius 3 is 2.70 bits per heavy atom. The molecule has 6 rings (SSSR count). The Balaban J connectivity index is 1.32. The summed E-state index contributed by atoms with van der Waals surface area (Å²) in [6.07, 6.45) is 9.15. The third-order valence-corrected chi connectivity index (χ3v) is 8.36. The molecule has 46 heavy (non-hydrogen) atoms. The van der Waals surface area contributed by atoms with Gasteiger partial charge in [0.15, 0.2) is 0 Å². The molecule has 5 aromatic rings. The number of aromatic amines is 2. The number of nitrogens with one attached hydrogen (secondary N) is 3. The molecule has 0 saturated carbocycles. The molecule has 7 nitrogen and oxygen atoms in total. The van der Waals surface area contributed by atoms with E-state index in [9.17, 15) is 13.2 Å². The summed E-state index contributed by atoms with van der Waals surface area (Å²) in [7, 11) is 3.99. The first-order chi connectivity index (χ1) is 22.1. The van der Waals surface area contributed by atoms with Crippen LogP contribution in [-0.2, 0) is 0 Å². The van der Waals surface area contributed by atoms with E-state index in [1.54, 1.807) is 23.4 Å². The number of likely N-dealkylation sites (tertiary alicyclic amines) is 1. The van der Waals surface area contributed by atoms with Gasteiger partial charge in [0.2, 0.25) is 0 Å². The molecule has 10 heteroatoms. The topological polar surface area (TPSA) is 75.9 Å². The molecule has 1 saturated heterocycles. The second-order valence-electron chi connectivity index (χ2n) is 12.1. The molecule has 0 amide bonds. The zero-order chi connectivity index (χ0) is 32.4. The van der Waals surface area contributed by atoms with Crippen LogP contribution < -0.4 is 5.32 Å². The first-order valence-electron chi connectivity index (χ1n) is 15.4. The van der Waals surface area contributed by atoms with Gasteiger partial charge >= 0.3 is 0 Å². The fourth-order valence-electron chi connectivity index (χ4n) is 5.98. The number of pyridine rings is 1. The van der Waals surface area contributed by atoms with Gasteiger partial charge in [0.1, 0.15) is 11.5 Å². The van der Waals surface area contributed by atoms with Crippen LogP contribution in [0.15, 0.2) is 85.2 Å². The van der Waals surface area contributed by atoms with Crippen molar-refractivity contribution in [3.8, 4) is 22.5 Å². The standard InChI is InChI=1S/C36H38F3N7/c1-5-23(21-46-11-9-36(38,39)22-46)13-24(6-2)25-7-8-32-30(16-25)35(44-43-32)33-18-29-31(19-40-20-34(29)42-33)26-14-27(37)17-28(15-26)41-10-12-45(3)4/h5-8,13-20,41-42H,1,9-12,21-22H2,2-4H3,(H,43,44)/b23-13+,24-6+. The summed E-state index contributed by atoms with van der Waals surface area (Å²) < 4.78 is 42.3. The number of hydrogen-bond donors (Lipinski definition) is 3. The predicted octanol–water partition coefficient (Wildman–Crippen LogP) is 7.74. The van der Waals surface area contributed by atoms with E-state index in [4.69, 9.17) is 0 Å². The lowest BCUT2D eigenvalue weighted by molar-refractivity contribution is 0.0131. The maximum Gasteiger partial charge on any atom is 0.261 e. The third-order valence-electron chi connectivity index (χ3n) is 8.36. The Hall–Kier alpha value is -4.67. The number of H-pyrrole nitrogens is 2. The molecule has 4 heterocycles. The van der Waals surface area contributed by atoms with Gasteiger partial charge in [0, 0.05) is 60.8 Å². The van der Waals surface area contributed by atoms with Gasteiger partial charge in [0.05, 0.1) is 29.5 Å². The van der Waals surface area contributed by atoms with E-state index in [-0.39, 0.29) is 18.8 Å². The zero-order valence-corrected chi connectivity index (χ0v) is 26.3. The number of halogens is 3. The summed E-state index contributed by atoms with van der Waals surface area (Å²) >= 11 is 0. The quantitative estimate of drug-likeness (QED) is 0.131. The number of nitrogens with zero attached hydrogens (tertiary/aromatic N) is 4. The van der Waals surface area contributed by atoms with Crippen LogP contribution in [0.5, 0.6) is 0 Å². The molecule has 0 aliphatic carbocycles. The largest absolute Gasteiger partial charge is 0.384 e. The normalized spacial score (nSPS) is 15.8. The van der Waals surface area contributed by atoms with Crippen molar-refractivity contribution in [2.45, 2.75) is 19.3 Å². The van der Waals surface area contributed by atoms with Crippen LogP contribution in [0.2, 0.25) is 0 Å². The number of likely N-dealkylation sites (N-methyl/N-ethyl adjacent to an activating group) is 1. The number of rotatable bonds is 11. The van der Waals surface area contributed by atoms with Crippen LogP contribution in [0.1, 0.15) is 18.9 Å². The predicted molar refractivity (Wildman–Crippen MR) is 182 cm³/mol. The second kappa shape index (κ2) is 13.0. The molecule has 1 aliphatic rings. The average Bonchev–Trinajstić information content (AvgIpc) is 3.74. The number of alkyl halides is 2. The maximum absolute atomic E-state index is 14.7. The minimum atomic E-state index is -2.64. The van der Waals surface area contributed by atoms with Gasteiger partial charge in [-0.05, 0) is 79.7 Å². The van der Waals surface area contributed by atoms with Crippen LogP contribution in [0.25, 0.3) is 49.9 Å². The average molecular weight is 626 g/mol. The lowest BCUT2D eigenvalue weighted by Gasteiger charge is -2.16. The summed E-state index contributed by atoms with van der Waals surface area (Å²) in [4.78, 5) is 11.7. The van der Waals surface area contributed by atoms with Crippen molar-refractivity contribution in [2.75, 3.05) is 52.1 Å². The SMILES string of the molecule is C=C/C(=C\C(=C/C)c1ccc2[nH]nc(-c3cc4c(-c5cc(F)cc(NCCN(C)C)c5)cncc4[nH]3)c2c1)CN1CCC(F)(F)C1. The summed E-state index contributed by atoms with van der Waals surface area (Å²) in [6, 6.07) is 13.1. The lowest BCUT2D eigenvalue weighted by Crippen LogP contribution is -2.26. The van der Waals surface area contributed by atoms with Gasteiger partial charge in [-0.2, -0.15) is 5.10 Å². The molecule has 0 bridgehead atoms. The van der Waals surface area contributed by atoms with E-state index in [0.717, 1.165) is 67.6 Å². The highest BCUT2D eigenvalue weighted by atomic mass is 19.3. The minimum absolute atomic E-state index is 0.114. The van der Waals surface area contributed by atoms with Crippen LogP contribution >= 0.6 is 0 Å². The van der Waals surface area contributed by atoms with Crippen molar-refractivity contribution in [3.63, 3.8) is 0 Å². The molecule has 3 aromatic heterocycles. The number of hydrogen-bond acceptors (Lipinski definition) is 5. The second-order valence-corrected chi connectivity index (χ2v) is 12.1. The Kier molecular flexibility index (Phi) is 8.84. The first kappa shape index (κ1) is 31.3. The molecule has 0 atom stereocenters. The number of allylic oxidation sites excluding steroid dienone is 3. The lowest BCUT2D eigenvalue weighted by atomic mass is 9.99. The van der Waals surface area contributed by atoms with Crippen molar-refractivity contribution >= 4 is 33.1 Å². The molecule has 3 N–H and O–H groups in total. The molecule has 238 valence electrons. The smallest absolute Gasteiger partial charge is 0.261 e. The number of anilines is 1. The molecule has 0 radical (unpaired) electrons. The van der Waals surface area contributed by atoms with Crippen LogP contribution in [0.3, 0.4) is 0 Å². The van der Waals surface area contributed by atoms with Crippen molar-refractivity contribution in [3.05, 3.63) is 96.6 Å². The molecular weight excluding hydrogens is 587 g/mol. The van der Waals surface area contributed by atoms with Gasteiger partial charge in [-0.25, -0.2) is 13.2 Å². The highest BCUT2D eigenvalue weighted by molar-refractivity contribution is 6.01. The Bertz CT molecular complexity index is 1950. The number of fused-ring (bicyclic) bond motifs is 2. The van der Waals surface area contributed by atoms with Crippen molar-refractivity contribution < 1.29 is 13.2 Å². The summed E-state index contributed by atoms with van der Waals surface area (Å²) in [5, 5.41) is 12.9. The maximum atomic E-state index is 14.7. The highest BCUT2D eigenvalue weighted by Gasteiger charge is 2.38. The van der Waals surface area contributed by atoms with E-state index in [1.807, 2.05) is 57.4 Å². The van der Waals surface area contributed by atoms with E-state index < -0.39 is 5.92 Å². The summed E-state index contributed by atoms with van der Waals surface area (Å²) in [6.45, 7) is 7.96. The van der Waals surface area contributed by atoms with Gasteiger partial charge in [0.25, 0.3) is 5.92 Å². The Morgan fingerprint density at radius 2 is 1.96 bits per heavy atom. The van der Waals surface area contributed by atoms with E-state index in [0.29, 0.717) is 25.3 Å². The van der Waals surface area contributed by atoms with E-state index in [1.165, 1.54) is 12.1 Å². The monoisotopic (exact) mass is 625 g/mol. The summed E-state index contributed by atoms with van der Waals surface area (Å²) in [5.41, 5.74) is 8.28. The van der Waals surface area contributed by atoms with Crippen molar-refractivity contribution in [1.29, 1.82) is 0 Å². The molecular formula is C36H38F3N7. The molecule has 1 aliphatic heterocycles. The number of aromatic nitrogens is 4. The molecule has 1 fully saturated rings. The number of benzene rings is 2. The van der Waals surface area contributed by atoms with Crippen molar-refractivity contribution in [1.82, 2.24) is 30.0 Å². The fourth-order valence-corrected chi connectivity index (χ4v) is 5.98. The van der Waals surface area contributed by atoms with E-state index in [2.05, 4.69) is 43.0 Å². The minimum Gasteiger partial charge on any atom is -0.384 e. The van der Waals surface area contributed by atoms with Crippen molar-refractivity contribution in [2.24, 2.45) is 0 Å². The van der Waals surface area contributed by atoms with Gasteiger partial charge in [-0.15, -0.1) is 0 Å².